The molecule has 1 aliphatic carbocycles. The van der Waals surface area contributed by atoms with Gasteiger partial charge >= 0.3 is 0 Å². The molecule has 0 heterocycles. The molecule has 0 spiro atoms. The summed E-state index contributed by atoms with van der Waals surface area (Å²) in [6, 6.07) is 0. The van der Waals surface area contributed by atoms with Crippen molar-refractivity contribution in [2.75, 3.05) is 6.61 Å². The van der Waals surface area contributed by atoms with Crippen LogP contribution in [0.1, 0.15) is 59.3 Å². The van der Waals surface area contributed by atoms with Crippen molar-refractivity contribution >= 4 is 8.32 Å². The molecule has 0 unspecified atom stereocenters. The highest BCUT2D eigenvalue weighted by Gasteiger charge is 2.37. The molecule has 0 aromatic carbocycles. The van der Waals surface area contributed by atoms with Crippen LogP contribution in [0.2, 0.25) is 18.1 Å². The van der Waals surface area contributed by atoms with Gasteiger partial charge in [-0.25, -0.2) is 0 Å². The standard InChI is InChI=1S/C14H31NOSi/c1-13(2,3)17(4,5)16-12-11-14(15)9-7-6-8-10-14/h6-12,15H2,1-5H3. The van der Waals surface area contributed by atoms with E-state index >= 15 is 0 Å². The van der Waals surface area contributed by atoms with E-state index in [1.807, 2.05) is 0 Å². The average Bonchev–Trinajstić information content (AvgIpc) is 2.16. The van der Waals surface area contributed by atoms with Gasteiger partial charge in [0.1, 0.15) is 0 Å². The van der Waals surface area contributed by atoms with E-state index in [1.54, 1.807) is 0 Å². The molecule has 2 nitrogen and oxygen atoms in total. The number of nitrogens with two attached hydrogens (primary N) is 1. The van der Waals surface area contributed by atoms with Crippen molar-refractivity contribution in [2.24, 2.45) is 5.73 Å². The maximum absolute atomic E-state index is 6.43. The van der Waals surface area contributed by atoms with E-state index in [2.05, 4.69) is 33.9 Å². The van der Waals surface area contributed by atoms with E-state index in [4.69, 9.17) is 10.2 Å². The maximum Gasteiger partial charge on any atom is 0.191 e. The van der Waals surface area contributed by atoms with Crippen molar-refractivity contribution in [1.29, 1.82) is 0 Å². The van der Waals surface area contributed by atoms with E-state index in [-0.39, 0.29) is 5.54 Å². The van der Waals surface area contributed by atoms with Gasteiger partial charge in [0.2, 0.25) is 0 Å². The summed E-state index contributed by atoms with van der Waals surface area (Å²) in [5, 5.41) is 0.307. The SMILES string of the molecule is CC(C)(C)[Si](C)(C)OCCC1(N)CCCCC1. The zero-order chi connectivity index (χ0) is 13.2. The molecule has 0 bridgehead atoms. The quantitative estimate of drug-likeness (QED) is 0.771. The largest absolute Gasteiger partial charge is 0.417 e. The van der Waals surface area contributed by atoms with Gasteiger partial charge in [-0.1, -0.05) is 40.0 Å². The van der Waals surface area contributed by atoms with E-state index in [1.165, 1.54) is 32.1 Å². The first-order valence-electron chi connectivity index (χ1n) is 7.09. The first-order valence-corrected chi connectivity index (χ1v) is 10.0. The Labute approximate surface area is 108 Å². The van der Waals surface area contributed by atoms with Gasteiger partial charge in [-0.05, 0) is 37.4 Å². The second kappa shape index (κ2) is 5.41. The minimum Gasteiger partial charge on any atom is -0.417 e. The summed E-state index contributed by atoms with van der Waals surface area (Å²) in [5.41, 5.74) is 6.50. The molecule has 0 radical (unpaired) electrons. The van der Waals surface area contributed by atoms with E-state index in [9.17, 15) is 0 Å². The van der Waals surface area contributed by atoms with E-state index < -0.39 is 8.32 Å². The fraction of sp³-hybridized carbons (Fsp3) is 1.00. The lowest BCUT2D eigenvalue weighted by molar-refractivity contribution is 0.203. The van der Waals surface area contributed by atoms with E-state index in [0.717, 1.165) is 13.0 Å². The molecule has 17 heavy (non-hydrogen) atoms. The Morgan fingerprint density at radius 3 is 2.12 bits per heavy atom. The van der Waals surface area contributed by atoms with Gasteiger partial charge < -0.3 is 10.2 Å². The van der Waals surface area contributed by atoms with Crippen LogP contribution in [0, 0.1) is 0 Å². The number of hydrogen-bond acceptors (Lipinski definition) is 2. The predicted molar refractivity (Wildman–Crippen MR) is 77.8 cm³/mol. The Morgan fingerprint density at radius 1 is 1.12 bits per heavy atom. The highest BCUT2D eigenvalue weighted by molar-refractivity contribution is 6.74. The van der Waals surface area contributed by atoms with Crippen LogP contribution in [-0.4, -0.2) is 20.5 Å². The van der Waals surface area contributed by atoms with Crippen molar-refractivity contribution in [3.8, 4) is 0 Å². The zero-order valence-electron chi connectivity index (χ0n) is 12.4. The number of hydrogen-bond donors (Lipinski definition) is 1. The normalized spacial score (nSPS) is 21.5. The third-order valence-corrected chi connectivity index (χ3v) is 9.26. The Bertz CT molecular complexity index is 239. The molecule has 1 aliphatic rings. The Balaban J connectivity index is 2.36. The molecule has 0 aromatic rings. The minimum absolute atomic E-state index is 0.0701. The van der Waals surface area contributed by atoms with Crippen molar-refractivity contribution < 1.29 is 4.43 Å². The van der Waals surface area contributed by atoms with Gasteiger partial charge in [0.25, 0.3) is 0 Å². The molecule has 1 saturated carbocycles. The van der Waals surface area contributed by atoms with Crippen LogP contribution in [-0.2, 0) is 4.43 Å². The lowest BCUT2D eigenvalue weighted by Gasteiger charge is -2.38. The molecule has 2 N–H and O–H groups in total. The highest BCUT2D eigenvalue weighted by Crippen LogP contribution is 2.37. The van der Waals surface area contributed by atoms with Crippen LogP contribution in [0.4, 0.5) is 0 Å². The predicted octanol–water partition coefficient (Wildman–Crippen LogP) is 4.06. The van der Waals surface area contributed by atoms with Crippen LogP contribution in [0.3, 0.4) is 0 Å². The van der Waals surface area contributed by atoms with Gasteiger partial charge in [-0.15, -0.1) is 0 Å². The number of rotatable bonds is 4. The lowest BCUT2D eigenvalue weighted by Crippen LogP contribution is -2.46. The third kappa shape index (κ3) is 4.38. The topological polar surface area (TPSA) is 35.2 Å². The lowest BCUT2D eigenvalue weighted by atomic mass is 9.80. The van der Waals surface area contributed by atoms with Gasteiger partial charge in [0, 0.05) is 12.1 Å². The zero-order valence-corrected chi connectivity index (χ0v) is 13.4. The monoisotopic (exact) mass is 257 g/mol. The van der Waals surface area contributed by atoms with Crippen LogP contribution in [0.5, 0.6) is 0 Å². The van der Waals surface area contributed by atoms with Crippen molar-refractivity contribution in [2.45, 2.75) is 83.0 Å². The summed E-state index contributed by atoms with van der Waals surface area (Å²) >= 11 is 0. The van der Waals surface area contributed by atoms with Crippen LogP contribution in [0.25, 0.3) is 0 Å². The Hall–Kier alpha value is 0.137. The molecular formula is C14H31NOSi. The second-order valence-corrected chi connectivity index (χ2v) is 12.1. The third-order valence-electron chi connectivity index (χ3n) is 4.72. The Morgan fingerprint density at radius 2 is 1.65 bits per heavy atom. The molecular weight excluding hydrogens is 226 g/mol. The maximum atomic E-state index is 6.43. The van der Waals surface area contributed by atoms with Crippen LogP contribution >= 0.6 is 0 Å². The first kappa shape index (κ1) is 15.2. The summed E-state index contributed by atoms with van der Waals surface area (Å²) in [4.78, 5) is 0. The molecule has 0 saturated heterocycles. The second-order valence-electron chi connectivity index (χ2n) is 7.28. The fourth-order valence-electron chi connectivity index (χ4n) is 2.23. The summed E-state index contributed by atoms with van der Waals surface area (Å²) < 4.78 is 6.22. The van der Waals surface area contributed by atoms with E-state index in [0.29, 0.717) is 5.04 Å². The van der Waals surface area contributed by atoms with Gasteiger partial charge in [-0.3, -0.25) is 0 Å². The van der Waals surface area contributed by atoms with Gasteiger partial charge in [-0.2, -0.15) is 0 Å². The smallest absolute Gasteiger partial charge is 0.191 e. The van der Waals surface area contributed by atoms with Crippen LogP contribution < -0.4 is 5.73 Å². The molecule has 102 valence electrons. The molecule has 0 atom stereocenters. The van der Waals surface area contributed by atoms with Gasteiger partial charge in [0.15, 0.2) is 8.32 Å². The Kier molecular flexibility index (Phi) is 4.84. The van der Waals surface area contributed by atoms with Crippen molar-refractivity contribution in [1.82, 2.24) is 0 Å². The molecule has 0 aromatic heterocycles. The molecule has 1 rings (SSSR count). The minimum atomic E-state index is -1.58. The molecule has 0 amide bonds. The van der Waals surface area contributed by atoms with Gasteiger partial charge in [0.05, 0.1) is 0 Å². The summed E-state index contributed by atoms with van der Waals surface area (Å²) in [6.45, 7) is 12.4. The summed E-state index contributed by atoms with van der Waals surface area (Å²) in [7, 11) is -1.58. The van der Waals surface area contributed by atoms with Crippen molar-refractivity contribution in [3.63, 3.8) is 0 Å². The van der Waals surface area contributed by atoms with Crippen LogP contribution in [0.15, 0.2) is 0 Å². The molecule has 3 heteroatoms. The molecule has 0 aliphatic heterocycles. The molecule has 1 fully saturated rings. The summed E-state index contributed by atoms with van der Waals surface area (Å²) in [6.07, 6.45) is 7.39. The summed E-state index contributed by atoms with van der Waals surface area (Å²) in [5.74, 6) is 0. The first-order chi connectivity index (χ1) is 7.66. The van der Waals surface area contributed by atoms with Crippen molar-refractivity contribution in [3.05, 3.63) is 0 Å². The average molecular weight is 257 g/mol. The fourth-order valence-corrected chi connectivity index (χ4v) is 3.28. The highest BCUT2D eigenvalue weighted by atomic mass is 28.4.